The van der Waals surface area contributed by atoms with Crippen molar-refractivity contribution in [3.8, 4) is 0 Å². The maximum atomic E-state index is 5.72. The molecule has 0 spiro atoms. The van der Waals surface area contributed by atoms with Crippen LogP contribution >= 0.6 is 22.9 Å². The predicted octanol–water partition coefficient (Wildman–Crippen LogP) is 4.70. The largest absolute Gasteiger partial charge is 0.380 e. The first-order valence-electron chi connectivity index (χ1n) is 6.28. The van der Waals surface area contributed by atoms with Gasteiger partial charge in [0.15, 0.2) is 0 Å². The van der Waals surface area contributed by atoms with Gasteiger partial charge < -0.3 is 5.32 Å². The van der Waals surface area contributed by atoms with Crippen molar-refractivity contribution in [3.63, 3.8) is 0 Å². The van der Waals surface area contributed by atoms with Crippen LogP contribution in [0.15, 0.2) is 36.4 Å². The highest BCUT2D eigenvalue weighted by Crippen LogP contribution is 2.19. The Hall–Kier alpha value is -0.990. The molecule has 1 N–H and O–H groups in total. The van der Waals surface area contributed by atoms with E-state index in [1.54, 1.807) is 0 Å². The standard InChI is InChI=1S/C15H18ClNS/c1-2-14-7-8-15(18-14)11-17-13-5-3-12(4-6-13)9-10-16/h3-8,17H,2,9-11H2,1H3. The van der Waals surface area contributed by atoms with Gasteiger partial charge in [0.25, 0.3) is 0 Å². The summed E-state index contributed by atoms with van der Waals surface area (Å²) >= 11 is 7.60. The van der Waals surface area contributed by atoms with Crippen LogP contribution in [0.2, 0.25) is 0 Å². The maximum absolute atomic E-state index is 5.72. The molecule has 1 heterocycles. The lowest BCUT2D eigenvalue weighted by Crippen LogP contribution is -1.97. The van der Waals surface area contributed by atoms with Gasteiger partial charge in [0, 0.05) is 27.9 Å². The molecule has 0 aliphatic heterocycles. The van der Waals surface area contributed by atoms with E-state index in [1.807, 2.05) is 11.3 Å². The van der Waals surface area contributed by atoms with Crippen LogP contribution in [0.4, 0.5) is 5.69 Å². The molecule has 0 radical (unpaired) electrons. The summed E-state index contributed by atoms with van der Waals surface area (Å²) in [5.41, 5.74) is 2.46. The van der Waals surface area contributed by atoms with Crippen molar-refractivity contribution >= 4 is 28.6 Å². The lowest BCUT2D eigenvalue weighted by Gasteiger charge is -2.05. The van der Waals surface area contributed by atoms with Gasteiger partial charge in [-0.3, -0.25) is 0 Å². The number of anilines is 1. The topological polar surface area (TPSA) is 12.0 Å². The van der Waals surface area contributed by atoms with Crippen LogP contribution in [0.5, 0.6) is 0 Å². The van der Waals surface area contributed by atoms with Crippen molar-refractivity contribution in [1.29, 1.82) is 0 Å². The van der Waals surface area contributed by atoms with Gasteiger partial charge in [0.2, 0.25) is 0 Å². The first kappa shape index (κ1) is 13.4. The Morgan fingerprint density at radius 1 is 1.06 bits per heavy atom. The Balaban J connectivity index is 1.89. The molecule has 0 aliphatic rings. The fourth-order valence-electron chi connectivity index (χ4n) is 1.79. The molecule has 0 amide bonds. The zero-order valence-electron chi connectivity index (χ0n) is 10.6. The van der Waals surface area contributed by atoms with Crippen molar-refractivity contribution in [2.24, 2.45) is 0 Å². The van der Waals surface area contributed by atoms with Crippen molar-refractivity contribution in [1.82, 2.24) is 0 Å². The molecule has 1 aromatic heterocycles. The fraction of sp³-hybridized carbons (Fsp3) is 0.333. The summed E-state index contributed by atoms with van der Waals surface area (Å²) in [6.07, 6.45) is 2.06. The van der Waals surface area contributed by atoms with E-state index < -0.39 is 0 Å². The average Bonchev–Trinajstić information content (AvgIpc) is 2.86. The number of hydrogen-bond donors (Lipinski definition) is 1. The predicted molar refractivity (Wildman–Crippen MR) is 81.9 cm³/mol. The van der Waals surface area contributed by atoms with Crippen molar-refractivity contribution in [2.75, 3.05) is 11.2 Å². The first-order chi connectivity index (χ1) is 8.81. The van der Waals surface area contributed by atoms with Gasteiger partial charge in [-0.2, -0.15) is 0 Å². The molecule has 0 fully saturated rings. The second kappa shape index (κ2) is 6.81. The summed E-state index contributed by atoms with van der Waals surface area (Å²) < 4.78 is 0. The molecule has 0 atom stereocenters. The van der Waals surface area contributed by atoms with Crippen LogP contribution < -0.4 is 5.32 Å². The Kier molecular flexibility index (Phi) is 5.09. The van der Waals surface area contributed by atoms with Gasteiger partial charge >= 0.3 is 0 Å². The minimum absolute atomic E-state index is 0.682. The molecule has 0 bridgehead atoms. The van der Waals surface area contributed by atoms with E-state index in [9.17, 15) is 0 Å². The second-order valence-corrected chi connectivity index (χ2v) is 5.84. The van der Waals surface area contributed by atoms with Crippen molar-refractivity contribution in [3.05, 3.63) is 51.7 Å². The quantitative estimate of drug-likeness (QED) is 0.756. The van der Waals surface area contributed by atoms with Crippen molar-refractivity contribution in [2.45, 2.75) is 26.3 Å². The molecular formula is C15H18ClNS. The number of benzene rings is 1. The molecule has 2 aromatic rings. The number of thiophene rings is 1. The van der Waals surface area contributed by atoms with E-state index >= 15 is 0 Å². The first-order valence-corrected chi connectivity index (χ1v) is 7.63. The number of halogens is 1. The lowest BCUT2D eigenvalue weighted by molar-refractivity contribution is 1.14. The van der Waals surface area contributed by atoms with E-state index in [0.29, 0.717) is 5.88 Å². The van der Waals surface area contributed by atoms with Crippen LogP contribution in [0.25, 0.3) is 0 Å². The summed E-state index contributed by atoms with van der Waals surface area (Å²) in [5.74, 6) is 0.682. The van der Waals surface area contributed by atoms with Crippen LogP contribution in [0, 0.1) is 0 Å². The highest BCUT2D eigenvalue weighted by atomic mass is 35.5. The van der Waals surface area contributed by atoms with Gasteiger partial charge in [-0.15, -0.1) is 22.9 Å². The van der Waals surface area contributed by atoms with Crippen LogP contribution in [0.3, 0.4) is 0 Å². The number of alkyl halides is 1. The SMILES string of the molecule is CCc1ccc(CNc2ccc(CCCl)cc2)s1. The molecule has 1 aromatic carbocycles. The molecule has 3 heteroatoms. The normalized spacial score (nSPS) is 10.6. The van der Waals surface area contributed by atoms with Gasteiger partial charge in [0.05, 0.1) is 0 Å². The minimum Gasteiger partial charge on any atom is -0.380 e. The zero-order chi connectivity index (χ0) is 12.8. The Morgan fingerprint density at radius 3 is 2.39 bits per heavy atom. The van der Waals surface area contributed by atoms with Gasteiger partial charge in [0.1, 0.15) is 0 Å². The molecule has 18 heavy (non-hydrogen) atoms. The highest BCUT2D eigenvalue weighted by Gasteiger charge is 1.99. The third-order valence-corrected chi connectivity index (χ3v) is 4.29. The number of rotatable bonds is 6. The maximum Gasteiger partial charge on any atom is 0.0494 e. The summed E-state index contributed by atoms with van der Waals surface area (Å²) in [6, 6.07) is 12.9. The lowest BCUT2D eigenvalue weighted by atomic mass is 10.1. The molecule has 0 saturated heterocycles. The van der Waals surface area contributed by atoms with E-state index in [0.717, 1.165) is 19.4 Å². The summed E-state index contributed by atoms with van der Waals surface area (Å²) in [5, 5.41) is 3.45. The highest BCUT2D eigenvalue weighted by molar-refractivity contribution is 7.12. The third-order valence-electron chi connectivity index (χ3n) is 2.87. The van der Waals surface area contributed by atoms with E-state index in [1.165, 1.54) is 21.0 Å². The van der Waals surface area contributed by atoms with Crippen LogP contribution in [-0.2, 0) is 19.4 Å². The summed E-state index contributed by atoms with van der Waals surface area (Å²) in [6.45, 7) is 3.10. The second-order valence-electron chi connectivity index (χ2n) is 4.21. The van der Waals surface area contributed by atoms with Gasteiger partial charge in [-0.05, 0) is 42.7 Å². The number of hydrogen-bond acceptors (Lipinski definition) is 2. The van der Waals surface area contributed by atoms with Gasteiger partial charge in [-0.1, -0.05) is 19.1 Å². The molecule has 2 rings (SSSR count). The summed E-state index contributed by atoms with van der Waals surface area (Å²) in [4.78, 5) is 2.83. The van der Waals surface area contributed by atoms with E-state index in [4.69, 9.17) is 11.6 Å². The van der Waals surface area contributed by atoms with E-state index in [-0.39, 0.29) is 0 Å². The number of nitrogens with one attached hydrogen (secondary N) is 1. The Morgan fingerprint density at radius 2 is 1.78 bits per heavy atom. The molecule has 0 unspecified atom stereocenters. The van der Waals surface area contributed by atoms with Crippen molar-refractivity contribution < 1.29 is 0 Å². The molecule has 1 nitrogen and oxygen atoms in total. The zero-order valence-corrected chi connectivity index (χ0v) is 12.2. The molecular weight excluding hydrogens is 262 g/mol. The average molecular weight is 280 g/mol. The number of aryl methyl sites for hydroxylation is 2. The minimum atomic E-state index is 0.682. The monoisotopic (exact) mass is 279 g/mol. The Bertz CT molecular complexity index is 475. The molecule has 0 saturated carbocycles. The smallest absolute Gasteiger partial charge is 0.0494 e. The van der Waals surface area contributed by atoms with Gasteiger partial charge in [-0.25, -0.2) is 0 Å². The molecule has 96 valence electrons. The summed E-state index contributed by atoms with van der Waals surface area (Å²) in [7, 11) is 0. The van der Waals surface area contributed by atoms with Crippen LogP contribution in [0.1, 0.15) is 22.2 Å². The molecule has 0 aliphatic carbocycles. The fourth-order valence-corrected chi connectivity index (χ4v) is 2.91. The van der Waals surface area contributed by atoms with Crippen LogP contribution in [-0.4, -0.2) is 5.88 Å². The van der Waals surface area contributed by atoms with E-state index in [2.05, 4.69) is 48.6 Å². The third kappa shape index (κ3) is 3.76. The Labute approximate surface area is 118 Å².